The molecule has 0 bridgehead atoms. The Hall–Kier alpha value is -0.650. The molecule has 1 aliphatic heterocycles. The Morgan fingerprint density at radius 1 is 1.45 bits per heavy atom. The van der Waals surface area contributed by atoms with Crippen LogP contribution < -0.4 is 5.73 Å². The molecule has 1 saturated heterocycles. The Labute approximate surface area is 122 Å². The third kappa shape index (κ3) is 3.51. The quantitative estimate of drug-likeness (QED) is 0.727. The van der Waals surface area contributed by atoms with Crippen molar-refractivity contribution in [1.82, 2.24) is 9.80 Å². The van der Waals surface area contributed by atoms with Gasteiger partial charge in [-0.2, -0.15) is 0 Å². The fourth-order valence-corrected chi connectivity index (χ4v) is 3.26. The fourth-order valence-electron chi connectivity index (χ4n) is 3.26. The minimum atomic E-state index is -0.819. The van der Waals surface area contributed by atoms with E-state index in [2.05, 4.69) is 23.9 Å². The van der Waals surface area contributed by atoms with E-state index in [1.807, 2.05) is 6.92 Å². The molecule has 2 aliphatic rings. The molecule has 0 amide bonds. The van der Waals surface area contributed by atoms with E-state index in [9.17, 15) is 4.79 Å². The number of likely N-dealkylation sites (tertiary alicyclic amines) is 1. The molecule has 20 heavy (non-hydrogen) atoms. The second-order valence-corrected chi connectivity index (χ2v) is 6.51. The average Bonchev–Trinajstić information content (AvgIpc) is 3.23. The number of carbonyl (C=O) groups excluding carboxylic acids is 1. The van der Waals surface area contributed by atoms with Gasteiger partial charge in [0.1, 0.15) is 5.54 Å². The number of ether oxygens (including phenoxy) is 1. The molecule has 0 radical (unpaired) electrons. The zero-order valence-corrected chi connectivity index (χ0v) is 13.1. The highest BCUT2D eigenvalue weighted by atomic mass is 16.5. The standard InChI is InChI=1S/C15H29N3O2/c1-4-20-14(19)15(16,12-7-8-12)11-18(3)13-6-5-9-17(2)10-13/h12-13H,4-11,16H2,1-3H3. The van der Waals surface area contributed by atoms with Gasteiger partial charge in [-0.3, -0.25) is 4.90 Å². The molecule has 2 unspecified atom stereocenters. The number of rotatable bonds is 6. The topological polar surface area (TPSA) is 58.8 Å². The number of hydrogen-bond acceptors (Lipinski definition) is 5. The first kappa shape index (κ1) is 15.7. The number of likely N-dealkylation sites (N-methyl/N-ethyl adjacent to an activating group) is 2. The third-order valence-corrected chi connectivity index (χ3v) is 4.70. The van der Waals surface area contributed by atoms with E-state index >= 15 is 0 Å². The Balaban J connectivity index is 1.98. The van der Waals surface area contributed by atoms with Crippen molar-refractivity contribution < 1.29 is 9.53 Å². The lowest BCUT2D eigenvalue weighted by atomic mass is 9.92. The lowest BCUT2D eigenvalue weighted by Crippen LogP contribution is -2.60. The molecular formula is C15H29N3O2. The minimum absolute atomic E-state index is 0.224. The smallest absolute Gasteiger partial charge is 0.327 e. The number of carbonyl (C=O) groups is 1. The molecule has 2 N–H and O–H groups in total. The van der Waals surface area contributed by atoms with Crippen LogP contribution in [0.2, 0.25) is 0 Å². The van der Waals surface area contributed by atoms with Crippen LogP contribution in [0.25, 0.3) is 0 Å². The summed E-state index contributed by atoms with van der Waals surface area (Å²) in [5.74, 6) is 0.0730. The van der Waals surface area contributed by atoms with Gasteiger partial charge in [0.15, 0.2) is 0 Å². The van der Waals surface area contributed by atoms with E-state index in [1.165, 1.54) is 19.4 Å². The van der Waals surface area contributed by atoms with Gasteiger partial charge in [-0.05, 0) is 59.2 Å². The van der Waals surface area contributed by atoms with E-state index in [0.29, 0.717) is 25.1 Å². The largest absolute Gasteiger partial charge is 0.465 e. The molecule has 1 aliphatic carbocycles. The SMILES string of the molecule is CCOC(=O)C(N)(CN(C)C1CCCN(C)C1)C1CC1. The van der Waals surface area contributed by atoms with Gasteiger partial charge in [-0.1, -0.05) is 0 Å². The van der Waals surface area contributed by atoms with Gasteiger partial charge in [0, 0.05) is 19.1 Å². The first-order valence-electron chi connectivity index (χ1n) is 7.82. The zero-order chi connectivity index (χ0) is 14.8. The van der Waals surface area contributed by atoms with Gasteiger partial charge < -0.3 is 15.4 Å². The van der Waals surface area contributed by atoms with E-state index < -0.39 is 5.54 Å². The lowest BCUT2D eigenvalue weighted by molar-refractivity contribution is -0.151. The van der Waals surface area contributed by atoms with Gasteiger partial charge in [-0.15, -0.1) is 0 Å². The van der Waals surface area contributed by atoms with Crippen LogP contribution in [0.1, 0.15) is 32.6 Å². The number of nitrogens with two attached hydrogens (primary N) is 1. The minimum Gasteiger partial charge on any atom is -0.465 e. The van der Waals surface area contributed by atoms with Crippen molar-refractivity contribution in [2.45, 2.75) is 44.2 Å². The summed E-state index contributed by atoms with van der Waals surface area (Å²) < 4.78 is 5.22. The summed E-state index contributed by atoms with van der Waals surface area (Å²) in [6.07, 6.45) is 4.50. The predicted octanol–water partition coefficient (Wildman–Crippen LogP) is 0.683. The maximum atomic E-state index is 12.2. The molecule has 2 rings (SSSR count). The van der Waals surface area contributed by atoms with E-state index in [0.717, 1.165) is 19.4 Å². The number of esters is 1. The molecule has 1 saturated carbocycles. The van der Waals surface area contributed by atoms with Crippen LogP contribution in [0.3, 0.4) is 0 Å². The van der Waals surface area contributed by atoms with Gasteiger partial charge in [0.25, 0.3) is 0 Å². The van der Waals surface area contributed by atoms with Crippen LogP contribution >= 0.6 is 0 Å². The highest BCUT2D eigenvalue weighted by molar-refractivity contribution is 5.82. The summed E-state index contributed by atoms with van der Waals surface area (Å²) >= 11 is 0. The van der Waals surface area contributed by atoms with Crippen molar-refractivity contribution in [2.75, 3.05) is 40.3 Å². The highest BCUT2D eigenvalue weighted by Crippen LogP contribution is 2.39. The maximum Gasteiger partial charge on any atom is 0.327 e. The van der Waals surface area contributed by atoms with Crippen molar-refractivity contribution in [1.29, 1.82) is 0 Å². The number of piperidine rings is 1. The Morgan fingerprint density at radius 3 is 2.70 bits per heavy atom. The van der Waals surface area contributed by atoms with Crippen molar-refractivity contribution >= 4 is 5.97 Å². The monoisotopic (exact) mass is 283 g/mol. The summed E-state index contributed by atoms with van der Waals surface area (Å²) in [4.78, 5) is 16.9. The maximum absolute atomic E-state index is 12.2. The molecule has 2 fully saturated rings. The van der Waals surface area contributed by atoms with E-state index in [-0.39, 0.29) is 5.97 Å². The fraction of sp³-hybridized carbons (Fsp3) is 0.933. The Bertz CT molecular complexity index is 346. The van der Waals surface area contributed by atoms with Crippen LogP contribution in [0.5, 0.6) is 0 Å². The molecule has 0 spiro atoms. The zero-order valence-electron chi connectivity index (χ0n) is 13.1. The first-order valence-corrected chi connectivity index (χ1v) is 7.82. The predicted molar refractivity (Wildman–Crippen MR) is 79.4 cm³/mol. The van der Waals surface area contributed by atoms with Gasteiger partial charge in [0.2, 0.25) is 0 Å². The normalized spacial score (nSPS) is 27.4. The second-order valence-electron chi connectivity index (χ2n) is 6.51. The lowest BCUT2D eigenvalue weighted by Gasteiger charge is -2.39. The number of nitrogens with zero attached hydrogens (tertiary/aromatic N) is 2. The van der Waals surface area contributed by atoms with E-state index in [1.54, 1.807) is 0 Å². The Kier molecular flexibility index (Phi) is 5.04. The second kappa shape index (κ2) is 6.41. The van der Waals surface area contributed by atoms with Crippen molar-refractivity contribution in [3.63, 3.8) is 0 Å². The summed E-state index contributed by atoms with van der Waals surface area (Å²) in [6.45, 7) is 5.07. The molecule has 5 nitrogen and oxygen atoms in total. The molecule has 1 heterocycles. The van der Waals surface area contributed by atoms with Crippen LogP contribution in [-0.4, -0.2) is 67.7 Å². The van der Waals surface area contributed by atoms with Crippen molar-refractivity contribution in [3.8, 4) is 0 Å². The van der Waals surface area contributed by atoms with Crippen molar-refractivity contribution in [2.24, 2.45) is 11.7 Å². The number of hydrogen-bond donors (Lipinski definition) is 1. The summed E-state index contributed by atoms with van der Waals surface area (Å²) in [5.41, 5.74) is 5.63. The molecule has 5 heteroatoms. The van der Waals surface area contributed by atoms with Crippen molar-refractivity contribution in [3.05, 3.63) is 0 Å². The van der Waals surface area contributed by atoms with Gasteiger partial charge in [0.05, 0.1) is 6.61 Å². The van der Waals surface area contributed by atoms with Crippen LogP contribution in [-0.2, 0) is 9.53 Å². The molecule has 116 valence electrons. The average molecular weight is 283 g/mol. The molecule has 0 aromatic heterocycles. The van der Waals surface area contributed by atoms with Gasteiger partial charge >= 0.3 is 5.97 Å². The molecule has 0 aromatic carbocycles. The third-order valence-electron chi connectivity index (χ3n) is 4.70. The van der Waals surface area contributed by atoms with Crippen LogP contribution in [0.4, 0.5) is 0 Å². The summed E-state index contributed by atoms with van der Waals surface area (Å²) in [7, 11) is 4.25. The van der Waals surface area contributed by atoms with Gasteiger partial charge in [-0.25, -0.2) is 4.79 Å². The molecule has 0 aromatic rings. The Morgan fingerprint density at radius 2 is 2.15 bits per heavy atom. The van der Waals surface area contributed by atoms with E-state index in [4.69, 9.17) is 10.5 Å². The van der Waals surface area contributed by atoms with Crippen LogP contribution in [0, 0.1) is 5.92 Å². The van der Waals surface area contributed by atoms with Crippen LogP contribution in [0.15, 0.2) is 0 Å². The summed E-state index contributed by atoms with van der Waals surface area (Å²) in [5, 5.41) is 0. The summed E-state index contributed by atoms with van der Waals surface area (Å²) in [6, 6.07) is 0.491. The molecule has 2 atom stereocenters. The molecular weight excluding hydrogens is 254 g/mol. The highest BCUT2D eigenvalue weighted by Gasteiger charge is 2.50. The first-order chi connectivity index (χ1) is 9.47.